The van der Waals surface area contributed by atoms with Gasteiger partial charge in [-0.3, -0.25) is 0 Å². The molecular weight excluding hydrogens is 272 g/mol. The quantitative estimate of drug-likeness (QED) is 0.362. The first-order valence-electron chi connectivity index (χ1n) is 5.42. The maximum atomic E-state index is 11.8. The normalized spacial score (nSPS) is 12.6. The number of hydrogen-bond donors (Lipinski definition) is 2. The molecule has 0 atom stereocenters. The van der Waals surface area contributed by atoms with E-state index >= 15 is 0 Å². The van der Waals surface area contributed by atoms with Crippen LogP contribution in [0.25, 0.3) is 0 Å². The summed E-state index contributed by atoms with van der Waals surface area (Å²) in [6.45, 7) is 5.77. The molecule has 0 fully saturated rings. The Hall–Kier alpha value is -0.600. The van der Waals surface area contributed by atoms with Gasteiger partial charge >= 0.3 is 0 Å². The van der Waals surface area contributed by atoms with E-state index < -0.39 is 10.0 Å². The van der Waals surface area contributed by atoms with Crippen molar-refractivity contribution in [1.82, 2.24) is 10.3 Å². The summed E-state index contributed by atoms with van der Waals surface area (Å²) in [7, 11) is -3.51. The summed E-state index contributed by atoms with van der Waals surface area (Å²) in [5.41, 5.74) is 2.34. The summed E-state index contributed by atoms with van der Waals surface area (Å²) in [6.07, 6.45) is 0. The molecule has 0 amide bonds. The van der Waals surface area contributed by atoms with Gasteiger partial charge in [0.05, 0.1) is 16.4 Å². The lowest BCUT2D eigenvalue weighted by Crippen LogP contribution is -2.37. The minimum Gasteiger partial charge on any atom is -0.308 e. The Morgan fingerprint density at radius 3 is 2.39 bits per heavy atom. The molecule has 0 aliphatic rings. The Morgan fingerprint density at radius 2 is 1.83 bits per heavy atom. The molecule has 102 valence electrons. The molecule has 0 radical (unpaired) electrons. The van der Waals surface area contributed by atoms with E-state index in [4.69, 9.17) is 4.18 Å². The van der Waals surface area contributed by atoms with Crippen molar-refractivity contribution in [3.8, 4) is 0 Å². The van der Waals surface area contributed by atoms with Crippen LogP contribution in [-0.4, -0.2) is 19.9 Å². The van der Waals surface area contributed by atoms with Gasteiger partial charge in [-0.2, -0.15) is 0 Å². The minimum absolute atomic E-state index is 0.222. The van der Waals surface area contributed by atoms with Gasteiger partial charge in [0.1, 0.15) is 0 Å². The van der Waals surface area contributed by atoms with Crippen LogP contribution in [-0.2, 0) is 14.2 Å². The van der Waals surface area contributed by atoms with Gasteiger partial charge in [0.15, 0.2) is 0 Å². The summed E-state index contributed by atoms with van der Waals surface area (Å²) < 4.78 is 28.9. The van der Waals surface area contributed by atoms with Gasteiger partial charge < -0.3 is 4.18 Å². The van der Waals surface area contributed by atoms with E-state index in [0.29, 0.717) is 5.88 Å². The van der Waals surface area contributed by atoms with E-state index in [2.05, 4.69) is 10.3 Å². The van der Waals surface area contributed by atoms with E-state index in [0.717, 1.165) is 12.0 Å². The van der Waals surface area contributed by atoms with Crippen LogP contribution in [0.2, 0.25) is 0 Å². The zero-order chi connectivity index (χ0) is 13.6. The largest absolute Gasteiger partial charge is 0.308 e. The molecule has 0 spiro atoms. The van der Waals surface area contributed by atoms with Gasteiger partial charge in [-0.15, -0.1) is 4.83 Å². The summed E-state index contributed by atoms with van der Waals surface area (Å²) in [4.78, 5) is 2.50. The molecule has 5 nitrogen and oxygen atoms in total. The molecule has 1 aromatic rings. The molecule has 2 N–H and O–H groups in total. The second-order valence-corrected chi connectivity index (χ2v) is 6.93. The van der Waals surface area contributed by atoms with Gasteiger partial charge in [0.25, 0.3) is 10.0 Å². The predicted molar refractivity (Wildman–Crippen MR) is 73.2 cm³/mol. The SMILES string of the molecule is CC(C)(C)OSCNNS(=O)(=O)c1ccccc1. The molecule has 0 saturated carbocycles. The van der Waals surface area contributed by atoms with Gasteiger partial charge in [-0.25, -0.2) is 13.8 Å². The maximum absolute atomic E-state index is 11.8. The average Bonchev–Trinajstić information content (AvgIpc) is 2.28. The topological polar surface area (TPSA) is 67.4 Å². The molecule has 1 aromatic carbocycles. The average molecular weight is 290 g/mol. The van der Waals surface area contributed by atoms with Gasteiger partial charge in [-0.1, -0.05) is 18.2 Å². The molecule has 18 heavy (non-hydrogen) atoms. The second-order valence-electron chi connectivity index (χ2n) is 4.55. The summed E-state index contributed by atoms with van der Waals surface area (Å²) in [6, 6.07) is 8.17. The lowest BCUT2D eigenvalue weighted by Gasteiger charge is -2.17. The zero-order valence-electron chi connectivity index (χ0n) is 10.6. The Morgan fingerprint density at radius 1 is 1.22 bits per heavy atom. The number of sulfonamides is 1. The van der Waals surface area contributed by atoms with Gasteiger partial charge in [-0.05, 0) is 32.9 Å². The molecule has 0 unspecified atom stereocenters. The molecule has 0 aliphatic carbocycles. The Labute approximate surface area is 113 Å². The van der Waals surface area contributed by atoms with Crippen LogP contribution in [0.1, 0.15) is 20.8 Å². The highest BCUT2D eigenvalue weighted by molar-refractivity contribution is 7.94. The Kier molecular flexibility index (Phi) is 5.61. The lowest BCUT2D eigenvalue weighted by molar-refractivity contribution is 0.164. The number of nitrogens with one attached hydrogen (secondary N) is 2. The number of hydrazine groups is 1. The maximum Gasteiger partial charge on any atom is 0.253 e. The third kappa shape index (κ3) is 5.83. The Balaban J connectivity index is 2.36. The van der Waals surface area contributed by atoms with Crippen LogP contribution in [0, 0.1) is 0 Å². The zero-order valence-corrected chi connectivity index (χ0v) is 12.3. The standard InChI is InChI=1S/C11H18N2O3S2/c1-11(2,3)16-17-9-12-13-18(14,15)10-7-5-4-6-8-10/h4-8,12-13H,9H2,1-3H3. The monoisotopic (exact) mass is 290 g/mol. The molecule has 0 aromatic heterocycles. The first kappa shape index (κ1) is 15.5. The third-order valence-electron chi connectivity index (χ3n) is 1.70. The first-order valence-corrected chi connectivity index (χ1v) is 7.81. The fourth-order valence-electron chi connectivity index (χ4n) is 1.02. The van der Waals surface area contributed by atoms with E-state index in [1.807, 2.05) is 20.8 Å². The lowest BCUT2D eigenvalue weighted by atomic mass is 10.2. The molecule has 0 saturated heterocycles. The van der Waals surface area contributed by atoms with Crippen molar-refractivity contribution in [1.29, 1.82) is 0 Å². The van der Waals surface area contributed by atoms with Crippen molar-refractivity contribution in [2.24, 2.45) is 0 Å². The Bertz CT molecular complexity index is 455. The molecule has 0 bridgehead atoms. The highest BCUT2D eigenvalue weighted by Crippen LogP contribution is 2.15. The molecule has 1 rings (SSSR count). The summed E-state index contributed by atoms with van der Waals surface area (Å²) >= 11 is 1.16. The smallest absolute Gasteiger partial charge is 0.253 e. The highest BCUT2D eigenvalue weighted by atomic mass is 32.2. The van der Waals surface area contributed by atoms with E-state index in [1.165, 1.54) is 12.1 Å². The van der Waals surface area contributed by atoms with Crippen LogP contribution < -0.4 is 10.3 Å². The predicted octanol–water partition coefficient (Wildman–Crippen LogP) is 1.89. The number of hydrogen-bond acceptors (Lipinski definition) is 5. The molecule has 7 heteroatoms. The molecule has 0 aliphatic heterocycles. The highest BCUT2D eigenvalue weighted by Gasteiger charge is 2.13. The molecule has 0 heterocycles. The van der Waals surface area contributed by atoms with E-state index in [-0.39, 0.29) is 10.5 Å². The van der Waals surface area contributed by atoms with Crippen molar-refractivity contribution < 1.29 is 12.6 Å². The summed E-state index contributed by atoms with van der Waals surface area (Å²) in [5, 5.41) is 0. The van der Waals surface area contributed by atoms with Crippen molar-refractivity contribution in [3.63, 3.8) is 0 Å². The van der Waals surface area contributed by atoms with Crippen LogP contribution >= 0.6 is 12.0 Å². The van der Waals surface area contributed by atoms with Crippen LogP contribution in [0.5, 0.6) is 0 Å². The second kappa shape index (κ2) is 6.53. The van der Waals surface area contributed by atoms with E-state index in [1.54, 1.807) is 18.2 Å². The van der Waals surface area contributed by atoms with Crippen molar-refractivity contribution in [2.75, 3.05) is 5.88 Å². The van der Waals surface area contributed by atoms with Gasteiger partial charge in [0, 0.05) is 12.0 Å². The third-order valence-corrected chi connectivity index (χ3v) is 3.89. The van der Waals surface area contributed by atoms with Crippen LogP contribution in [0.15, 0.2) is 35.2 Å². The van der Waals surface area contributed by atoms with Crippen LogP contribution in [0.4, 0.5) is 0 Å². The van der Waals surface area contributed by atoms with Crippen molar-refractivity contribution in [3.05, 3.63) is 30.3 Å². The van der Waals surface area contributed by atoms with Crippen molar-refractivity contribution in [2.45, 2.75) is 31.3 Å². The number of rotatable bonds is 6. The summed E-state index contributed by atoms with van der Waals surface area (Å²) in [5.74, 6) is 0.323. The molecular formula is C11H18N2O3S2. The van der Waals surface area contributed by atoms with Gasteiger partial charge in [0.2, 0.25) is 0 Å². The first-order chi connectivity index (χ1) is 8.31. The van der Waals surface area contributed by atoms with Crippen molar-refractivity contribution >= 4 is 22.1 Å². The van der Waals surface area contributed by atoms with E-state index in [9.17, 15) is 8.42 Å². The fraction of sp³-hybridized carbons (Fsp3) is 0.455. The minimum atomic E-state index is -3.51. The fourth-order valence-corrected chi connectivity index (χ4v) is 2.55. The number of benzene rings is 1. The van der Waals surface area contributed by atoms with Crippen LogP contribution in [0.3, 0.4) is 0 Å².